The zero-order valence-corrected chi connectivity index (χ0v) is 11.3. The molecule has 0 unspecified atom stereocenters. The monoisotopic (exact) mass is 266 g/mol. The zero-order chi connectivity index (χ0) is 12.3. The quantitative estimate of drug-likeness (QED) is 0.918. The van der Waals surface area contributed by atoms with Crippen LogP contribution in [0, 0.1) is 0 Å². The Morgan fingerprint density at radius 1 is 1.35 bits per heavy atom. The normalized spacial score (nSPS) is 10.5. The molecule has 2 N–H and O–H groups in total. The number of hydrogen-bond donors (Lipinski definition) is 1. The van der Waals surface area contributed by atoms with Gasteiger partial charge in [0.25, 0.3) is 0 Å². The number of halogens is 1. The van der Waals surface area contributed by atoms with Crippen molar-refractivity contribution < 1.29 is 0 Å². The third-order valence-electron chi connectivity index (χ3n) is 2.67. The average Bonchev–Trinajstić information content (AvgIpc) is 2.81. The van der Waals surface area contributed by atoms with Crippen molar-refractivity contribution in [2.45, 2.75) is 13.1 Å². The highest BCUT2D eigenvalue weighted by Gasteiger charge is 2.11. The van der Waals surface area contributed by atoms with Gasteiger partial charge in [0, 0.05) is 20.1 Å². The second-order valence-corrected chi connectivity index (χ2v) is 5.13. The van der Waals surface area contributed by atoms with Crippen LogP contribution < -0.4 is 10.6 Å². The molecule has 1 heterocycles. The summed E-state index contributed by atoms with van der Waals surface area (Å²) in [5.41, 5.74) is 9.15. The van der Waals surface area contributed by atoms with Crippen LogP contribution in [0.1, 0.15) is 11.1 Å². The van der Waals surface area contributed by atoms with Crippen LogP contribution >= 0.6 is 22.9 Å². The number of anilines is 1. The lowest BCUT2D eigenvalue weighted by atomic mass is 10.1. The summed E-state index contributed by atoms with van der Waals surface area (Å²) in [7, 11) is 2.04. The summed E-state index contributed by atoms with van der Waals surface area (Å²) >= 11 is 7.96. The first-order valence-electron chi connectivity index (χ1n) is 5.42. The molecule has 0 saturated heterocycles. The number of rotatable bonds is 4. The van der Waals surface area contributed by atoms with Gasteiger partial charge in [-0.3, -0.25) is 0 Å². The SMILES string of the molecule is CN(Cc1ccsc1)c1c(Cl)cccc1CN. The Hall–Kier alpha value is -1.03. The van der Waals surface area contributed by atoms with E-state index < -0.39 is 0 Å². The topological polar surface area (TPSA) is 29.3 Å². The van der Waals surface area contributed by atoms with Crippen molar-refractivity contribution >= 4 is 28.6 Å². The number of hydrogen-bond acceptors (Lipinski definition) is 3. The molecule has 17 heavy (non-hydrogen) atoms. The second kappa shape index (κ2) is 5.54. The Kier molecular flexibility index (Phi) is 4.05. The molecule has 0 bridgehead atoms. The van der Waals surface area contributed by atoms with E-state index in [9.17, 15) is 0 Å². The van der Waals surface area contributed by atoms with Crippen LogP contribution in [0.4, 0.5) is 5.69 Å². The Bertz CT molecular complexity index is 482. The summed E-state index contributed by atoms with van der Waals surface area (Å²) in [5, 5.41) is 4.99. The Morgan fingerprint density at radius 3 is 2.82 bits per heavy atom. The molecule has 2 nitrogen and oxygen atoms in total. The smallest absolute Gasteiger partial charge is 0.0642 e. The van der Waals surface area contributed by atoms with Crippen molar-refractivity contribution in [3.63, 3.8) is 0 Å². The molecule has 1 aromatic heterocycles. The van der Waals surface area contributed by atoms with Gasteiger partial charge in [-0.1, -0.05) is 23.7 Å². The van der Waals surface area contributed by atoms with E-state index in [0.717, 1.165) is 22.8 Å². The minimum Gasteiger partial charge on any atom is -0.369 e. The Balaban J connectivity index is 2.26. The maximum Gasteiger partial charge on any atom is 0.0642 e. The van der Waals surface area contributed by atoms with Crippen LogP contribution in [0.25, 0.3) is 0 Å². The largest absolute Gasteiger partial charge is 0.369 e. The molecule has 2 rings (SSSR count). The van der Waals surface area contributed by atoms with Crippen molar-refractivity contribution in [3.8, 4) is 0 Å². The van der Waals surface area contributed by atoms with Gasteiger partial charge in [0.2, 0.25) is 0 Å². The lowest BCUT2D eigenvalue weighted by molar-refractivity contribution is 0.908. The van der Waals surface area contributed by atoms with E-state index >= 15 is 0 Å². The van der Waals surface area contributed by atoms with Crippen LogP contribution in [0.2, 0.25) is 5.02 Å². The van der Waals surface area contributed by atoms with Crippen molar-refractivity contribution in [1.29, 1.82) is 0 Å². The summed E-state index contributed by atoms with van der Waals surface area (Å²) in [6.45, 7) is 1.35. The minimum absolute atomic E-state index is 0.504. The third-order valence-corrected chi connectivity index (χ3v) is 3.71. The van der Waals surface area contributed by atoms with E-state index in [1.165, 1.54) is 5.56 Å². The predicted molar refractivity (Wildman–Crippen MR) is 75.8 cm³/mol. The molecule has 90 valence electrons. The van der Waals surface area contributed by atoms with E-state index in [-0.39, 0.29) is 0 Å². The lowest BCUT2D eigenvalue weighted by Gasteiger charge is -2.23. The molecule has 4 heteroatoms. The van der Waals surface area contributed by atoms with Gasteiger partial charge in [0.05, 0.1) is 10.7 Å². The molecular formula is C13H15ClN2S. The predicted octanol–water partition coefficient (Wildman–Crippen LogP) is 3.50. The molecule has 0 aliphatic heterocycles. The fraction of sp³-hybridized carbons (Fsp3) is 0.231. The van der Waals surface area contributed by atoms with E-state index in [1.807, 2.05) is 25.2 Å². The summed E-state index contributed by atoms with van der Waals surface area (Å²) < 4.78 is 0. The van der Waals surface area contributed by atoms with Gasteiger partial charge in [-0.15, -0.1) is 0 Å². The molecule has 0 aliphatic rings. The van der Waals surface area contributed by atoms with Crippen LogP contribution in [0.3, 0.4) is 0 Å². The van der Waals surface area contributed by atoms with Crippen molar-refractivity contribution in [2.24, 2.45) is 5.73 Å². The van der Waals surface area contributed by atoms with Crippen molar-refractivity contribution in [3.05, 3.63) is 51.2 Å². The van der Waals surface area contributed by atoms with Crippen LogP contribution in [0.5, 0.6) is 0 Å². The summed E-state index contributed by atoms with van der Waals surface area (Å²) in [4.78, 5) is 2.15. The van der Waals surface area contributed by atoms with Gasteiger partial charge in [0.1, 0.15) is 0 Å². The summed E-state index contributed by atoms with van der Waals surface area (Å²) in [6, 6.07) is 7.98. The molecule has 0 saturated carbocycles. The number of para-hydroxylation sites is 1. The fourth-order valence-electron chi connectivity index (χ4n) is 1.89. The molecule has 0 fully saturated rings. The number of nitrogens with zero attached hydrogens (tertiary/aromatic N) is 1. The first kappa shape index (κ1) is 12.4. The molecule has 1 aromatic carbocycles. The maximum absolute atomic E-state index is 6.25. The third kappa shape index (κ3) is 2.80. The fourth-order valence-corrected chi connectivity index (χ4v) is 2.89. The highest BCUT2D eigenvalue weighted by atomic mass is 35.5. The van der Waals surface area contributed by atoms with Crippen LogP contribution in [0.15, 0.2) is 35.0 Å². The second-order valence-electron chi connectivity index (χ2n) is 3.94. The summed E-state index contributed by atoms with van der Waals surface area (Å²) in [5.74, 6) is 0. The van der Waals surface area contributed by atoms with E-state index in [4.69, 9.17) is 17.3 Å². The van der Waals surface area contributed by atoms with Crippen LogP contribution in [-0.2, 0) is 13.1 Å². The Morgan fingerprint density at radius 2 is 2.18 bits per heavy atom. The number of benzene rings is 1. The number of thiophene rings is 1. The van der Waals surface area contributed by atoms with Gasteiger partial charge in [0.15, 0.2) is 0 Å². The van der Waals surface area contributed by atoms with E-state index in [0.29, 0.717) is 6.54 Å². The summed E-state index contributed by atoms with van der Waals surface area (Å²) in [6.07, 6.45) is 0. The standard InChI is InChI=1S/C13H15ClN2S/c1-16(8-10-5-6-17-9-10)13-11(7-15)3-2-4-12(13)14/h2-6,9H,7-8,15H2,1H3. The van der Waals surface area contributed by atoms with Crippen molar-refractivity contribution in [1.82, 2.24) is 0 Å². The van der Waals surface area contributed by atoms with Gasteiger partial charge >= 0.3 is 0 Å². The highest BCUT2D eigenvalue weighted by molar-refractivity contribution is 7.07. The maximum atomic E-state index is 6.25. The highest BCUT2D eigenvalue weighted by Crippen LogP contribution is 2.30. The first-order chi connectivity index (χ1) is 8.22. The molecule has 0 atom stereocenters. The molecule has 0 radical (unpaired) electrons. The zero-order valence-electron chi connectivity index (χ0n) is 9.69. The van der Waals surface area contributed by atoms with Crippen LogP contribution in [-0.4, -0.2) is 7.05 Å². The lowest BCUT2D eigenvalue weighted by Crippen LogP contribution is -2.19. The molecule has 0 aliphatic carbocycles. The molecule has 2 aromatic rings. The number of nitrogens with two attached hydrogens (primary N) is 1. The molecular weight excluding hydrogens is 252 g/mol. The Labute approximate surface area is 111 Å². The van der Waals surface area contributed by atoms with Gasteiger partial charge in [-0.05, 0) is 34.0 Å². The molecule has 0 amide bonds. The van der Waals surface area contributed by atoms with Gasteiger partial charge < -0.3 is 10.6 Å². The van der Waals surface area contributed by atoms with E-state index in [2.05, 4.69) is 21.7 Å². The van der Waals surface area contributed by atoms with E-state index in [1.54, 1.807) is 11.3 Å². The average molecular weight is 267 g/mol. The first-order valence-corrected chi connectivity index (χ1v) is 6.74. The van der Waals surface area contributed by atoms with Crippen molar-refractivity contribution in [2.75, 3.05) is 11.9 Å². The van der Waals surface area contributed by atoms with Gasteiger partial charge in [-0.25, -0.2) is 0 Å². The minimum atomic E-state index is 0.504. The van der Waals surface area contributed by atoms with Gasteiger partial charge in [-0.2, -0.15) is 11.3 Å². The molecule has 0 spiro atoms.